The molecule has 1 N–H and O–H groups in total. The fraction of sp³-hybridized carbons (Fsp3) is 0.440. The van der Waals surface area contributed by atoms with Gasteiger partial charge in [-0.25, -0.2) is 8.42 Å². The summed E-state index contributed by atoms with van der Waals surface area (Å²) in [6, 6.07) is 12.2. The van der Waals surface area contributed by atoms with Gasteiger partial charge in [-0.3, -0.25) is 9.59 Å². The Hall–Kier alpha value is -2.71. The van der Waals surface area contributed by atoms with Gasteiger partial charge in [0, 0.05) is 18.4 Å². The monoisotopic (exact) mass is 468 g/mol. The first-order chi connectivity index (χ1) is 15.8. The number of carbonyl (C=O) groups is 2. The lowest BCUT2D eigenvalue weighted by molar-refractivity contribution is -0.122. The van der Waals surface area contributed by atoms with E-state index in [9.17, 15) is 18.0 Å². The van der Waals surface area contributed by atoms with E-state index in [1.54, 1.807) is 12.1 Å². The number of rotatable bonds is 6. The number of nitrogens with zero attached hydrogens (tertiary/aromatic N) is 2. The van der Waals surface area contributed by atoms with Crippen molar-refractivity contribution in [1.82, 2.24) is 0 Å². The van der Waals surface area contributed by atoms with E-state index >= 15 is 0 Å². The molecule has 2 saturated carbocycles. The van der Waals surface area contributed by atoms with Gasteiger partial charge in [-0.05, 0) is 68.0 Å². The molecule has 0 aromatic heterocycles. The molecule has 1 heterocycles. The minimum Gasteiger partial charge on any atom is -0.395 e. The van der Waals surface area contributed by atoms with E-state index in [0.29, 0.717) is 6.54 Å². The lowest BCUT2D eigenvalue weighted by atomic mass is 10.00. The first kappa shape index (κ1) is 22.1. The van der Waals surface area contributed by atoms with Crippen LogP contribution in [0, 0.1) is 11.8 Å². The summed E-state index contributed by atoms with van der Waals surface area (Å²) in [6.07, 6.45) is 3.66. The van der Waals surface area contributed by atoms with Crippen LogP contribution < -0.4 is 9.80 Å². The third kappa shape index (κ3) is 4.17. The van der Waals surface area contributed by atoms with Crippen molar-refractivity contribution in [3.63, 3.8) is 0 Å². The third-order valence-electron chi connectivity index (χ3n) is 6.68. The molecule has 33 heavy (non-hydrogen) atoms. The number of benzene rings is 2. The number of aliphatic hydroxyl groups excluding tert-OH is 1. The van der Waals surface area contributed by atoms with Gasteiger partial charge in [-0.1, -0.05) is 18.2 Å². The first-order valence-corrected chi connectivity index (χ1v) is 13.2. The highest BCUT2D eigenvalue weighted by atomic mass is 32.2. The van der Waals surface area contributed by atoms with Crippen LogP contribution in [0.15, 0.2) is 47.4 Å². The smallest absolute Gasteiger partial charge is 0.230 e. The van der Waals surface area contributed by atoms with Crippen LogP contribution in [0.1, 0.15) is 32.6 Å². The Kier molecular flexibility index (Phi) is 5.53. The topological polar surface area (TPSA) is 95.0 Å². The summed E-state index contributed by atoms with van der Waals surface area (Å²) in [5.74, 6) is 0.0825. The third-order valence-corrected chi connectivity index (χ3v) is 8.39. The second-order valence-electron chi connectivity index (χ2n) is 9.33. The Balaban J connectivity index is 1.53. The van der Waals surface area contributed by atoms with E-state index in [4.69, 9.17) is 5.11 Å². The van der Waals surface area contributed by atoms with Crippen molar-refractivity contribution in [2.75, 3.05) is 28.7 Å². The lowest BCUT2D eigenvalue weighted by Gasteiger charge is -2.41. The number of hydrogen-bond acceptors (Lipinski definition) is 5. The fourth-order valence-corrected chi connectivity index (χ4v) is 5.55. The Morgan fingerprint density at radius 3 is 2.12 bits per heavy atom. The summed E-state index contributed by atoms with van der Waals surface area (Å²) in [6.45, 7) is 2.05. The molecule has 1 atom stereocenters. The highest BCUT2D eigenvalue weighted by molar-refractivity contribution is 7.91. The zero-order valence-electron chi connectivity index (χ0n) is 18.6. The molecule has 0 unspecified atom stereocenters. The van der Waals surface area contributed by atoms with Crippen LogP contribution >= 0.6 is 0 Å². The second-order valence-corrected chi connectivity index (χ2v) is 11.4. The lowest BCUT2D eigenvalue weighted by Crippen LogP contribution is -2.52. The van der Waals surface area contributed by atoms with Crippen molar-refractivity contribution in [2.24, 2.45) is 11.8 Å². The number of sulfone groups is 1. The Morgan fingerprint density at radius 1 is 0.909 bits per heavy atom. The van der Waals surface area contributed by atoms with E-state index in [2.05, 4.69) is 0 Å². The first-order valence-electron chi connectivity index (χ1n) is 11.5. The fourth-order valence-electron chi connectivity index (χ4n) is 4.52. The quantitative estimate of drug-likeness (QED) is 0.703. The molecule has 2 amide bonds. The molecule has 2 aromatic carbocycles. The van der Waals surface area contributed by atoms with Crippen molar-refractivity contribution in [2.45, 2.75) is 43.5 Å². The second kappa shape index (κ2) is 8.25. The number of fused-ring (bicyclic) bond motifs is 1. The summed E-state index contributed by atoms with van der Waals surface area (Å²) in [4.78, 5) is 30.0. The van der Waals surface area contributed by atoms with Crippen LogP contribution in [0.3, 0.4) is 0 Å². The highest BCUT2D eigenvalue weighted by Crippen LogP contribution is 2.44. The molecule has 0 spiro atoms. The van der Waals surface area contributed by atoms with Crippen LogP contribution in [0.5, 0.6) is 0 Å². The Morgan fingerprint density at radius 2 is 1.52 bits per heavy atom. The number of carbonyl (C=O) groups excluding carboxylic acids is 2. The zero-order chi connectivity index (χ0) is 23.3. The van der Waals surface area contributed by atoms with E-state index in [1.165, 1.54) is 12.1 Å². The van der Waals surface area contributed by atoms with Crippen LogP contribution in [-0.2, 0) is 19.4 Å². The molecule has 0 bridgehead atoms. The van der Waals surface area contributed by atoms with Crippen LogP contribution in [0.4, 0.5) is 11.4 Å². The van der Waals surface area contributed by atoms with Crippen molar-refractivity contribution >= 4 is 33.0 Å². The average Bonchev–Trinajstić information content (AvgIpc) is 3.70. The standard InChI is InChI=1S/C25H28N2O5S/c1-16-15-26(24(29)18-2-3-18)23-14-20(8-11-22(23)27(16)25(30)19-4-5-19)17-6-9-21(10-7-17)33(31,32)13-12-28/h6-11,14,16,18-19,28H,2-5,12-13,15H2,1H3/t16-/m0/s1. The summed E-state index contributed by atoms with van der Waals surface area (Å²) < 4.78 is 24.4. The van der Waals surface area contributed by atoms with Gasteiger partial charge >= 0.3 is 0 Å². The summed E-state index contributed by atoms with van der Waals surface area (Å²) in [7, 11) is -3.52. The van der Waals surface area contributed by atoms with Crippen molar-refractivity contribution in [1.29, 1.82) is 0 Å². The minimum atomic E-state index is -3.52. The minimum absolute atomic E-state index is 0.0652. The molecule has 2 aliphatic carbocycles. The van der Waals surface area contributed by atoms with Gasteiger partial charge in [0.05, 0.1) is 34.7 Å². The maximum atomic E-state index is 13.1. The van der Waals surface area contributed by atoms with E-state index in [1.807, 2.05) is 34.9 Å². The van der Waals surface area contributed by atoms with Gasteiger partial charge in [-0.2, -0.15) is 0 Å². The molecule has 3 aliphatic rings. The van der Waals surface area contributed by atoms with Gasteiger partial charge in [0.25, 0.3) is 0 Å². The number of amides is 2. The molecule has 7 nitrogen and oxygen atoms in total. The summed E-state index contributed by atoms with van der Waals surface area (Å²) in [5.41, 5.74) is 3.18. The highest BCUT2D eigenvalue weighted by Gasteiger charge is 2.43. The maximum Gasteiger partial charge on any atom is 0.230 e. The summed E-state index contributed by atoms with van der Waals surface area (Å²) in [5, 5.41) is 9.00. The Bertz CT molecular complexity index is 1200. The normalized spacial score (nSPS) is 20.5. The molecule has 5 rings (SSSR count). The molecular weight excluding hydrogens is 440 g/mol. The molecule has 2 aromatic rings. The predicted molar refractivity (Wildman–Crippen MR) is 126 cm³/mol. The molecule has 174 valence electrons. The van der Waals surface area contributed by atoms with Crippen LogP contribution in [-0.4, -0.2) is 50.3 Å². The molecule has 0 saturated heterocycles. The van der Waals surface area contributed by atoms with Crippen molar-refractivity contribution in [3.05, 3.63) is 42.5 Å². The molecule has 1 aliphatic heterocycles. The van der Waals surface area contributed by atoms with Gasteiger partial charge in [0.1, 0.15) is 0 Å². The number of anilines is 2. The van der Waals surface area contributed by atoms with E-state index in [0.717, 1.165) is 48.2 Å². The van der Waals surface area contributed by atoms with Crippen LogP contribution in [0.2, 0.25) is 0 Å². The molecule has 0 radical (unpaired) electrons. The number of aliphatic hydroxyl groups is 1. The van der Waals surface area contributed by atoms with Crippen molar-refractivity contribution in [3.8, 4) is 11.1 Å². The summed E-state index contributed by atoms with van der Waals surface area (Å²) >= 11 is 0. The SMILES string of the molecule is C[C@H]1CN(C(=O)C2CC2)c2cc(-c3ccc(S(=O)(=O)CCO)cc3)ccc2N1C(=O)C1CC1. The largest absolute Gasteiger partial charge is 0.395 e. The zero-order valence-corrected chi connectivity index (χ0v) is 19.4. The van der Waals surface area contributed by atoms with Gasteiger partial charge < -0.3 is 14.9 Å². The Labute approximate surface area is 193 Å². The van der Waals surface area contributed by atoms with E-state index in [-0.39, 0.29) is 40.3 Å². The molecular formula is C25H28N2O5S. The average molecular weight is 469 g/mol. The maximum absolute atomic E-state index is 13.1. The van der Waals surface area contributed by atoms with Gasteiger partial charge in [-0.15, -0.1) is 0 Å². The predicted octanol–water partition coefficient (Wildman–Crippen LogP) is 3.01. The number of hydrogen-bond donors (Lipinski definition) is 1. The van der Waals surface area contributed by atoms with Crippen molar-refractivity contribution < 1.29 is 23.1 Å². The van der Waals surface area contributed by atoms with Gasteiger partial charge in [0.15, 0.2) is 9.84 Å². The van der Waals surface area contributed by atoms with E-state index < -0.39 is 16.4 Å². The van der Waals surface area contributed by atoms with Gasteiger partial charge in [0.2, 0.25) is 11.8 Å². The van der Waals surface area contributed by atoms with Crippen LogP contribution in [0.25, 0.3) is 11.1 Å². The molecule has 2 fully saturated rings. The molecule has 8 heteroatoms.